The zero-order chi connectivity index (χ0) is 12.8. The summed E-state index contributed by atoms with van der Waals surface area (Å²) in [7, 11) is 0. The molecule has 1 heteroatoms. The van der Waals surface area contributed by atoms with E-state index in [1.807, 2.05) is 0 Å². The second kappa shape index (κ2) is 3.86. The van der Waals surface area contributed by atoms with Crippen LogP contribution in [0, 0.1) is 0 Å². The number of nitrogens with zero attached hydrogens (tertiary/aromatic N) is 1. The average Bonchev–Trinajstić information content (AvgIpc) is 2.47. The van der Waals surface area contributed by atoms with Crippen molar-refractivity contribution in [2.45, 2.75) is 13.0 Å². The summed E-state index contributed by atoms with van der Waals surface area (Å²) in [5.41, 5.74) is 4.05. The van der Waals surface area contributed by atoms with Crippen molar-refractivity contribution in [3.63, 3.8) is 0 Å². The number of fused-ring (bicyclic) bond motifs is 4. The predicted octanol–water partition coefficient (Wildman–Crippen LogP) is 4.64. The number of hydrogen-bond acceptors (Lipinski definition) is 1. The van der Waals surface area contributed by atoms with Gasteiger partial charge in [-0.05, 0) is 47.1 Å². The van der Waals surface area contributed by atoms with Crippen LogP contribution in [0.15, 0.2) is 66.5 Å². The van der Waals surface area contributed by atoms with E-state index >= 15 is 0 Å². The van der Waals surface area contributed by atoms with Crippen LogP contribution in [0.1, 0.15) is 24.1 Å². The van der Waals surface area contributed by atoms with E-state index in [0.717, 1.165) is 0 Å². The molecule has 2 aromatic rings. The molecule has 0 spiro atoms. The highest BCUT2D eigenvalue weighted by Crippen LogP contribution is 2.39. The summed E-state index contributed by atoms with van der Waals surface area (Å²) >= 11 is 0. The van der Waals surface area contributed by atoms with Crippen LogP contribution in [0.25, 0.3) is 16.8 Å². The maximum absolute atomic E-state index is 2.34. The second-order valence-electron chi connectivity index (χ2n) is 5.14. The van der Waals surface area contributed by atoms with Crippen LogP contribution in [0.4, 0.5) is 0 Å². The molecule has 2 heterocycles. The number of benzene rings is 2. The third-order valence-electron chi connectivity index (χ3n) is 4.07. The molecule has 1 atom stereocenters. The molecule has 2 aromatic carbocycles. The van der Waals surface area contributed by atoms with Crippen LogP contribution in [-0.2, 0) is 0 Å². The second-order valence-corrected chi connectivity index (χ2v) is 5.14. The van der Waals surface area contributed by atoms with Crippen LogP contribution < -0.4 is 0 Å². The third-order valence-corrected chi connectivity index (χ3v) is 4.07. The largest absolute Gasteiger partial charge is 0.341 e. The molecule has 0 amide bonds. The van der Waals surface area contributed by atoms with E-state index in [9.17, 15) is 0 Å². The summed E-state index contributed by atoms with van der Waals surface area (Å²) in [5.74, 6) is 0. The summed E-state index contributed by atoms with van der Waals surface area (Å²) in [4.78, 5) is 2.34. The lowest BCUT2D eigenvalue weighted by Gasteiger charge is -2.36. The van der Waals surface area contributed by atoms with Crippen LogP contribution in [0.2, 0.25) is 0 Å². The first kappa shape index (κ1) is 10.6. The maximum Gasteiger partial charge on any atom is 0.0569 e. The molecular formula is C18H15N. The molecule has 0 N–H and O–H groups in total. The van der Waals surface area contributed by atoms with E-state index in [-0.39, 0.29) is 0 Å². The Morgan fingerprint density at radius 1 is 1.00 bits per heavy atom. The van der Waals surface area contributed by atoms with Gasteiger partial charge in [0, 0.05) is 11.9 Å². The minimum absolute atomic E-state index is 0.377. The Morgan fingerprint density at radius 3 is 2.84 bits per heavy atom. The molecule has 2 aliphatic rings. The van der Waals surface area contributed by atoms with Crippen LogP contribution in [0.5, 0.6) is 0 Å². The maximum atomic E-state index is 2.34. The SMILES string of the molecule is CC1c2c(ccc3ccccc23)C=C2C=CC=CN21. The number of rotatable bonds is 0. The standard InChI is InChI=1S/C18H15N/c1-13-18-15(12-16-7-4-5-11-19(13)16)10-9-14-6-2-3-8-17(14)18/h2-13H,1H3. The minimum atomic E-state index is 0.377. The fraction of sp³-hybridized carbons (Fsp3) is 0.111. The summed E-state index contributed by atoms with van der Waals surface area (Å²) in [6.45, 7) is 2.28. The fourth-order valence-corrected chi connectivity index (χ4v) is 3.15. The highest BCUT2D eigenvalue weighted by atomic mass is 15.2. The van der Waals surface area contributed by atoms with Gasteiger partial charge in [-0.2, -0.15) is 0 Å². The molecule has 0 radical (unpaired) electrons. The van der Waals surface area contributed by atoms with Crippen LogP contribution >= 0.6 is 0 Å². The third kappa shape index (κ3) is 1.48. The normalized spacial score (nSPS) is 20.2. The van der Waals surface area contributed by atoms with Gasteiger partial charge in [0.05, 0.1) is 6.04 Å². The molecule has 0 aromatic heterocycles. The van der Waals surface area contributed by atoms with Gasteiger partial charge in [-0.3, -0.25) is 0 Å². The van der Waals surface area contributed by atoms with Crippen LogP contribution in [0.3, 0.4) is 0 Å². The molecule has 1 nitrogen and oxygen atoms in total. The van der Waals surface area contributed by atoms with Gasteiger partial charge < -0.3 is 4.90 Å². The molecule has 0 bridgehead atoms. The molecule has 1 unspecified atom stereocenters. The predicted molar refractivity (Wildman–Crippen MR) is 80.5 cm³/mol. The van der Waals surface area contributed by atoms with Gasteiger partial charge >= 0.3 is 0 Å². The van der Waals surface area contributed by atoms with Crippen molar-refractivity contribution < 1.29 is 0 Å². The van der Waals surface area contributed by atoms with Crippen molar-refractivity contribution in [2.75, 3.05) is 0 Å². The number of hydrogen-bond donors (Lipinski definition) is 0. The van der Waals surface area contributed by atoms with Gasteiger partial charge in [0.2, 0.25) is 0 Å². The molecule has 0 fully saturated rings. The first-order valence-electron chi connectivity index (χ1n) is 6.71. The summed E-state index contributed by atoms with van der Waals surface area (Å²) < 4.78 is 0. The monoisotopic (exact) mass is 245 g/mol. The van der Waals surface area contributed by atoms with Gasteiger partial charge in [0.1, 0.15) is 0 Å². The average molecular weight is 245 g/mol. The Balaban J connectivity index is 2.04. The van der Waals surface area contributed by atoms with E-state index in [0.29, 0.717) is 6.04 Å². The topological polar surface area (TPSA) is 3.24 Å². The Kier molecular flexibility index (Phi) is 2.16. The Labute approximate surface area is 113 Å². The van der Waals surface area contributed by atoms with Crippen molar-refractivity contribution in [1.82, 2.24) is 4.90 Å². The van der Waals surface area contributed by atoms with E-state index in [2.05, 4.69) is 78.7 Å². The molecular weight excluding hydrogens is 230 g/mol. The van der Waals surface area contributed by atoms with E-state index in [1.165, 1.54) is 27.6 Å². The van der Waals surface area contributed by atoms with Crippen molar-refractivity contribution in [2.24, 2.45) is 0 Å². The van der Waals surface area contributed by atoms with Gasteiger partial charge in [-0.15, -0.1) is 0 Å². The van der Waals surface area contributed by atoms with Crippen molar-refractivity contribution >= 4 is 16.8 Å². The quantitative estimate of drug-likeness (QED) is 0.653. The molecule has 92 valence electrons. The van der Waals surface area contributed by atoms with Gasteiger partial charge in [0.25, 0.3) is 0 Å². The molecule has 19 heavy (non-hydrogen) atoms. The molecule has 0 saturated heterocycles. The Morgan fingerprint density at radius 2 is 1.89 bits per heavy atom. The fourth-order valence-electron chi connectivity index (χ4n) is 3.15. The van der Waals surface area contributed by atoms with Crippen molar-refractivity contribution in [3.05, 3.63) is 77.7 Å². The lowest BCUT2D eigenvalue weighted by Crippen LogP contribution is -2.25. The Hall–Kier alpha value is -2.28. The summed E-state index contributed by atoms with van der Waals surface area (Å²) in [5, 5.41) is 2.69. The van der Waals surface area contributed by atoms with Crippen molar-refractivity contribution in [3.8, 4) is 0 Å². The molecule has 0 aliphatic carbocycles. The lowest BCUT2D eigenvalue weighted by atomic mass is 9.89. The summed E-state index contributed by atoms with van der Waals surface area (Å²) in [6.07, 6.45) is 10.8. The number of allylic oxidation sites excluding steroid dienone is 3. The van der Waals surface area contributed by atoms with E-state index in [4.69, 9.17) is 0 Å². The molecule has 2 aliphatic heterocycles. The van der Waals surface area contributed by atoms with Gasteiger partial charge in [-0.1, -0.05) is 42.5 Å². The highest BCUT2D eigenvalue weighted by molar-refractivity contribution is 5.90. The van der Waals surface area contributed by atoms with Gasteiger partial charge in [-0.25, -0.2) is 0 Å². The summed E-state index contributed by atoms with van der Waals surface area (Å²) in [6, 6.07) is 13.5. The smallest absolute Gasteiger partial charge is 0.0569 e. The molecule has 4 rings (SSSR count). The van der Waals surface area contributed by atoms with Crippen LogP contribution in [-0.4, -0.2) is 4.90 Å². The highest BCUT2D eigenvalue weighted by Gasteiger charge is 2.24. The zero-order valence-corrected chi connectivity index (χ0v) is 10.9. The van der Waals surface area contributed by atoms with E-state index < -0.39 is 0 Å². The van der Waals surface area contributed by atoms with E-state index in [1.54, 1.807) is 0 Å². The first-order chi connectivity index (χ1) is 9.34. The first-order valence-corrected chi connectivity index (χ1v) is 6.71. The molecule has 0 saturated carbocycles. The lowest BCUT2D eigenvalue weighted by molar-refractivity contribution is 0.377. The van der Waals surface area contributed by atoms with Crippen molar-refractivity contribution in [1.29, 1.82) is 0 Å². The Bertz CT molecular complexity index is 749. The van der Waals surface area contributed by atoms with Gasteiger partial charge in [0.15, 0.2) is 0 Å². The zero-order valence-electron chi connectivity index (χ0n) is 10.9. The minimum Gasteiger partial charge on any atom is -0.341 e.